The van der Waals surface area contributed by atoms with Crippen LogP contribution in [0.25, 0.3) is 0 Å². The Morgan fingerprint density at radius 2 is 1.96 bits per heavy atom. The van der Waals surface area contributed by atoms with Crippen molar-refractivity contribution >= 4 is 6.01 Å². The van der Waals surface area contributed by atoms with E-state index in [-0.39, 0.29) is 11.9 Å². The predicted molar refractivity (Wildman–Crippen MR) is 86.7 cm³/mol. The number of anilines is 1. The van der Waals surface area contributed by atoms with Gasteiger partial charge in [-0.15, -0.1) is 5.10 Å². The molecule has 6 heteroatoms. The van der Waals surface area contributed by atoms with Gasteiger partial charge in [0.2, 0.25) is 5.89 Å². The van der Waals surface area contributed by atoms with Gasteiger partial charge >= 0.3 is 6.01 Å². The minimum absolute atomic E-state index is 0.180. The second-order valence-electron chi connectivity index (χ2n) is 5.94. The molecule has 1 aliphatic rings. The van der Waals surface area contributed by atoms with Crippen LogP contribution in [0.15, 0.2) is 28.7 Å². The molecule has 0 unspecified atom stereocenters. The Labute approximate surface area is 135 Å². The molecule has 1 N–H and O–H groups in total. The molecule has 0 saturated carbocycles. The number of rotatable bonds is 7. The zero-order valence-electron chi connectivity index (χ0n) is 13.5. The number of aryl methyl sites for hydroxylation is 1. The summed E-state index contributed by atoms with van der Waals surface area (Å²) >= 11 is 0. The average Bonchev–Trinajstić information content (AvgIpc) is 3.22. The van der Waals surface area contributed by atoms with E-state index in [1.54, 1.807) is 0 Å². The van der Waals surface area contributed by atoms with E-state index in [4.69, 9.17) is 4.42 Å². The largest absolute Gasteiger partial charge is 0.408 e. The number of likely N-dealkylation sites (tertiary alicyclic amines) is 1. The maximum atomic E-state index is 13.2. The standard InChI is InChI=1S/C17H23FN4O/c1-2-5-16-20-21-17(23-16)19-12-15(22-10-3-4-11-22)13-6-8-14(18)9-7-13/h6-9,15H,2-5,10-12H2,1H3,(H,19,21)/t15-/m1/s1. The van der Waals surface area contributed by atoms with Crippen LogP contribution in [0.4, 0.5) is 10.4 Å². The van der Waals surface area contributed by atoms with Crippen LogP contribution in [-0.2, 0) is 6.42 Å². The number of halogens is 1. The lowest BCUT2D eigenvalue weighted by molar-refractivity contribution is 0.254. The molecule has 2 aromatic rings. The molecule has 3 rings (SSSR count). The molecule has 0 radical (unpaired) electrons. The molecule has 0 spiro atoms. The molecule has 5 nitrogen and oxygen atoms in total. The summed E-state index contributed by atoms with van der Waals surface area (Å²) in [5.41, 5.74) is 1.11. The number of nitrogens with zero attached hydrogens (tertiary/aromatic N) is 3. The first-order valence-corrected chi connectivity index (χ1v) is 8.32. The molecule has 0 aliphatic carbocycles. The maximum Gasteiger partial charge on any atom is 0.315 e. The molecule has 1 aliphatic heterocycles. The summed E-state index contributed by atoms with van der Waals surface area (Å²) < 4.78 is 18.8. The van der Waals surface area contributed by atoms with Gasteiger partial charge in [0.15, 0.2) is 0 Å². The Hall–Kier alpha value is -1.95. The van der Waals surface area contributed by atoms with Crippen LogP contribution in [0.5, 0.6) is 0 Å². The number of nitrogens with one attached hydrogen (secondary N) is 1. The normalized spacial score (nSPS) is 16.6. The quantitative estimate of drug-likeness (QED) is 0.848. The smallest absolute Gasteiger partial charge is 0.315 e. The zero-order chi connectivity index (χ0) is 16.1. The van der Waals surface area contributed by atoms with Crippen molar-refractivity contribution in [1.29, 1.82) is 0 Å². The highest BCUT2D eigenvalue weighted by molar-refractivity contribution is 5.25. The number of hydrogen-bond donors (Lipinski definition) is 1. The van der Waals surface area contributed by atoms with Gasteiger partial charge in [0.1, 0.15) is 5.82 Å². The van der Waals surface area contributed by atoms with Crippen molar-refractivity contribution in [3.8, 4) is 0 Å². The fourth-order valence-corrected chi connectivity index (χ4v) is 3.02. The minimum atomic E-state index is -0.206. The molecule has 1 atom stereocenters. The summed E-state index contributed by atoms with van der Waals surface area (Å²) in [6.07, 6.45) is 4.19. The van der Waals surface area contributed by atoms with E-state index in [1.165, 1.54) is 25.0 Å². The second-order valence-corrected chi connectivity index (χ2v) is 5.94. The van der Waals surface area contributed by atoms with Gasteiger partial charge in [-0.3, -0.25) is 4.90 Å². The number of benzene rings is 1. The summed E-state index contributed by atoms with van der Waals surface area (Å²) in [4.78, 5) is 2.42. The molecule has 1 aromatic carbocycles. The van der Waals surface area contributed by atoms with Gasteiger partial charge in [-0.25, -0.2) is 4.39 Å². The molecule has 23 heavy (non-hydrogen) atoms. The first kappa shape index (κ1) is 15.9. The van der Waals surface area contributed by atoms with Gasteiger partial charge < -0.3 is 9.73 Å². The molecule has 1 saturated heterocycles. The van der Waals surface area contributed by atoms with Gasteiger partial charge in [-0.2, -0.15) is 0 Å². The number of hydrogen-bond acceptors (Lipinski definition) is 5. The monoisotopic (exact) mass is 318 g/mol. The lowest BCUT2D eigenvalue weighted by Crippen LogP contribution is -2.31. The average molecular weight is 318 g/mol. The van der Waals surface area contributed by atoms with Crippen LogP contribution in [0.3, 0.4) is 0 Å². The highest BCUT2D eigenvalue weighted by Crippen LogP contribution is 2.25. The topological polar surface area (TPSA) is 54.2 Å². The third-order valence-corrected chi connectivity index (χ3v) is 4.21. The summed E-state index contributed by atoms with van der Waals surface area (Å²) in [6.45, 7) is 4.87. The van der Waals surface area contributed by atoms with Crippen molar-refractivity contribution in [3.63, 3.8) is 0 Å². The third kappa shape index (κ3) is 4.07. The van der Waals surface area contributed by atoms with Gasteiger partial charge in [-0.05, 0) is 50.0 Å². The van der Waals surface area contributed by atoms with Crippen molar-refractivity contribution in [2.75, 3.05) is 25.0 Å². The van der Waals surface area contributed by atoms with Crippen molar-refractivity contribution in [1.82, 2.24) is 15.1 Å². The van der Waals surface area contributed by atoms with E-state index in [0.29, 0.717) is 18.5 Å². The van der Waals surface area contributed by atoms with Gasteiger partial charge in [-0.1, -0.05) is 24.2 Å². The number of aromatic nitrogens is 2. The Kier molecular flexibility index (Phi) is 5.23. The Morgan fingerprint density at radius 1 is 1.22 bits per heavy atom. The molecular formula is C17H23FN4O. The van der Waals surface area contributed by atoms with Crippen LogP contribution in [-0.4, -0.2) is 34.7 Å². The molecule has 0 amide bonds. The molecule has 0 bridgehead atoms. The first-order valence-electron chi connectivity index (χ1n) is 8.32. The van der Waals surface area contributed by atoms with E-state index in [2.05, 4.69) is 27.3 Å². The fourth-order valence-electron chi connectivity index (χ4n) is 3.02. The SMILES string of the molecule is CCCc1nnc(NC[C@H](c2ccc(F)cc2)N2CCCC2)o1. The van der Waals surface area contributed by atoms with Gasteiger partial charge in [0, 0.05) is 13.0 Å². The molecule has 1 fully saturated rings. The van der Waals surface area contributed by atoms with Crippen molar-refractivity contribution in [3.05, 3.63) is 41.5 Å². The summed E-state index contributed by atoms with van der Waals surface area (Å²) in [7, 11) is 0. The zero-order valence-corrected chi connectivity index (χ0v) is 13.5. The van der Waals surface area contributed by atoms with E-state index < -0.39 is 0 Å². The minimum Gasteiger partial charge on any atom is -0.408 e. The van der Waals surface area contributed by atoms with E-state index in [9.17, 15) is 4.39 Å². The van der Waals surface area contributed by atoms with Gasteiger partial charge in [0.25, 0.3) is 0 Å². The molecule has 124 valence electrons. The van der Waals surface area contributed by atoms with E-state index >= 15 is 0 Å². The molecular weight excluding hydrogens is 295 g/mol. The van der Waals surface area contributed by atoms with Gasteiger partial charge in [0.05, 0.1) is 6.04 Å². The summed E-state index contributed by atoms with van der Waals surface area (Å²) in [5, 5.41) is 11.3. The van der Waals surface area contributed by atoms with Crippen LogP contribution >= 0.6 is 0 Å². The van der Waals surface area contributed by atoms with E-state index in [0.717, 1.165) is 31.5 Å². The van der Waals surface area contributed by atoms with Crippen molar-refractivity contribution in [2.45, 2.75) is 38.6 Å². The Balaban J connectivity index is 1.69. The summed E-state index contributed by atoms with van der Waals surface area (Å²) in [6, 6.07) is 7.39. The Bertz CT molecular complexity index is 607. The lowest BCUT2D eigenvalue weighted by Gasteiger charge is -2.27. The molecule has 2 heterocycles. The van der Waals surface area contributed by atoms with Crippen molar-refractivity contribution < 1.29 is 8.81 Å². The maximum absolute atomic E-state index is 13.2. The highest BCUT2D eigenvalue weighted by Gasteiger charge is 2.24. The Morgan fingerprint density at radius 3 is 2.65 bits per heavy atom. The highest BCUT2D eigenvalue weighted by atomic mass is 19.1. The van der Waals surface area contributed by atoms with Crippen LogP contribution in [0.2, 0.25) is 0 Å². The summed E-state index contributed by atoms with van der Waals surface area (Å²) in [5.74, 6) is 0.456. The van der Waals surface area contributed by atoms with Crippen LogP contribution < -0.4 is 5.32 Å². The van der Waals surface area contributed by atoms with Crippen LogP contribution in [0, 0.1) is 5.82 Å². The predicted octanol–water partition coefficient (Wildman–Crippen LogP) is 3.41. The fraction of sp³-hybridized carbons (Fsp3) is 0.529. The molecule has 1 aromatic heterocycles. The van der Waals surface area contributed by atoms with E-state index in [1.807, 2.05) is 12.1 Å². The first-order chi connectivity index (χ1) is 11.3. The van der Waals surface area contributed by atoms with Crippen LogP contribution in [0.1, 0.15) is 43.7 Å². The second kappa shape index (κ2) is 7.55. The third-order valence-electron chi connectivity index (χ3n) is 4.21. The lowest BCUT2D eigenvalue weighted by atomic mass is 10.1. The van der Waals surface area contributed by atoms with Crippen molar-refractivity contribution in [2.24, 2.45) is 0 Å².